The van der Waals surface area contributed by atoms with E-state index < -0.39 is 24.1 Å². The van der Waals surface area contributed by atoms with Crippen LogP contribution in [0.2, 0.25) is 0 Å². The molecule has 0 saturated carbocycles. The molecule has 0 amide bonds. The lowest BCUT2D eigenvalue weighted by Gasteiger charge is -2.16. The largest absolute Gasteiger partial charge is 0.516 e. The van der Waals surface area contributed by atoms with Crippen molar-refractivity contribution in [3.8, 4) is 0 Å². The van der Waals surface area contributed by atoms with Crippen molar-refractivity contribution in [3.63, 3.8) is 0 Å². The standard InChI is InChI=1S/C20H21NO6/c1-25-18(22)12-17(21-13-15-8-4-2-5-9-15)19(23)27-20(24)26-14-16-10-6-3-7-11-16/h2-11,17,21H,12-14H2,1H3/t17-/m0/s1. The second-order valence-corrected chi connectivity index (χ2v) is 5.64. The van der Waals surface area contributed by atoms with Gasteiger partial charge in [-0.25, -0.2) is 9.59 Å². The van der Waals surface area contributed by atoms with Crippen molar-refractivity contribution in [2.75, 3.05) is 7.11 Å². The Bertz CT molecular complexity index is 748. The Morgan fingerprint density at radius 1 is 0.926 bits per heavy atom. The van der Waals surface area contributed by atoms with Crippen LogP contribution in [0.1, 0.15) is 17.5 Å². The predicted molar refractivity (Wildman–Crippen MR) is 96.4 cm³/mol. The van der Waals surface area contributed by atoms with Gasteiger partial charge in [-0.05, 0) is 11.1 Å². The summed E-state index contributed by atoms with van der Waals surface area (Å²) in [6.45, 7) is 0.294. The molecule has 0 fully saturated rings. The van der Waals surface area contributed by atoms with Crippen LogP contribution in [0, 0.1) is 0 Å². The third-order valence-electron chi connectivity index (χ3n) is 3.66. The number of rotatable bonds is 8. The van der Waals surface area contributed by atoms with Crippen molar-refractivity contribution in [1.82, 2.24) is 5.32 Å². The number of benzene rings is 2. The van der Waals surface area contributed by atoms with Crippen LogP contribution >= 0.6 is 0 Å². The van der Waals surface area contributed by atoms with Gasteiger partial charge in [0.25, 0.3) is 0 Å². The molecule has 7 heteroatoms. The summed E-state index contributed by atoms with van der Waals surface area (Å²) in [6.07, 6.45) is -1.39. The first-order valence-electron chi connectivity index (χ1n) is 8.35. The van der Waals surface area contributed by atoms with Gasteiger partial charge in [0.1, 0.15) is 12.6 Å². The van der Waals surface area contributed by atoms with E-state index in [-0.39, 0.29) is 13.0 Å². The van der Waals surface area contributed by atoms with Crippen molar-refractivity contribution in [1.29, 1.82) is 0 Å². The van der Waals surface area contributed by atoms with E-state index in [4.69, 9.17) is 9.47 Å². The molecule has 0 bridgehead atoms. The lowest BCUT2D eigenvalue weighted by molar-refractivity contribution is -0.149. The van der Waals surface area contributed by atoms with Crippen LogP contribution in [0.4, 0.5) is 4.79 Å². The summed E-state index contributed by atoms with van der Waals surface area (Å²) in [6, 6.07) is 17.2. The molecule has 0 aromatic heterocycles. The predicted octanol–water partition coefficient (Wildman–Crippen LogP) is 2.59. The highest BCUT2D eigenvalue weighted by molar-refractivity contribution is 5.88. The third-order valence-corrected chi connectivity index (χ3v) is 3.66. The van der Waals surface area contributed by atoms with Crippen molar-refractivity contribution in [2.45, 2.75) is 25.6 Å². The van der Waals surface area contributed by atoms with Gasteiger partial charge in [0.2, 0.25) is 0 Å². The molecule has 142 valence electrons. The second kappa shape index (κ2) is 10.7. The average molecular weight is 371 g/mol. The summed E-state index contributed by atoms with van der Waals surface area (Å²) in [5.41, 5.74) is 1.67. The SMILES string of the molecule is COC(=O)C[C@H](NCc1ccccc1)C(=O)OC(=O)OCc1ccccc1. The van der Waals surface area contributed by atoms with Crippen LogP contribution in [0.15, 0.2) is 60.7 Å². The van der Waals surface area contributed by atoms with E-state index in [0.717, 1.165) is 11.1 Å². The van der Waals surface area contributed by atoms with Crippen LogP contribution in [0.3, 0.4) is 0 Å². The smallest absolute Gasteiger partial charge is 0.469 e. The van der Waals surface area contributed by atoms with Crippen LogP contribution in [0.5, 0.6) is 0 Å². The van der Waals surface area contributed by atoms with Crippen molar-refractivity contribution in [2.24, 2.45) is 0 Å². The first-order valence-corrected chi connectivity index (χ1v) is 8.35. The number of nitrogens with one attached hydrogen (secondary N) is 1. The normalized spacial score (nSPS) is 11.3. The minimum Gasteiger partial charge on any atom is -0.469 e. The molecule has 2 rings (SSSR count). The number of hydrogen-bond acceptors (Lipinski definition) is 7. The summed E-state index contributed by atoms with van der Waals surface area (Å²) < 4.78 is 14.2. The summed E-state index contributed by atoms with van der Waals surface area (Å²) >= 11 is 0. The molecule has 0 heterocycles. The van der Waals surface area contributed by atoms with Crippen LogP contribution < -0.4 is 5.32 Å². The minimum absolute atomic E-state index is 0.0218. The minimum atomic E-state index is -1.12. The van der Waals surface area contributed by atoms with Gasteiger partial charge in [-0.1, -0.05) is 60.7 Å². The summed E-state index contributed by atoms with van der Waals surface area (Å²) in [4.78, 5) is 35.5. The number of carbonyl (C=O) groups excluding carboxylic acids is 3. The molecule has 0 saturated heterocycles. The molecule has 1 N–H and O–H groups in total. The Morgan fingerprint density at radius 3 is 2.11 bits per heavy atom. The molecule has 0 unspecified atom stereocenters. The van der Waals surface area contributed by atoms with Gasteiger partial charge in [-0.15, -0.1) is 0 Å². The molecule has 7 nitrogen and oxygen atoms in total. The Hall–Kier alpha value is -3.19. The van der Waals surface area contributed by atoms with Crippen LogP contribution in [-0.2, 0) is 37.0 Å². The fourth-order valence-corrected chi connectivity index (χ4v) is 2.22. The van der Waals surface area contributed by atoms with Crippen LogP contribution in [0.25, 0.3) is 0 Å². The topological polar surface area (TPSA) is 90.9 Å². The maximum atomic E-state index is 12.2. The molecule has 0 radical (unpaired) electrons. The van der Waals surface area contributed by atoms with Crippen molar-refractivity contribution in [3.05, 3.63) is 71.8 Å². The zero-order valence-corrected chi connectivity index (χ0v) is 14.9. The Labute approximate surface area is 157 Å². The van der Waals surface area contributed by atoms with E-state index in [1.54, 1.807) is 24.3 Å². The third kappa shape index (κ3) is 7.29. The second-order valence-electron chi connectivity index (χ2n) is 5.64. The van der Waals surface area contributed by atoms with Crippen LogP contribution in [-0.4, -0.2) is 31.2 Å². The highest BCUT2D eigenvalue weighted by Gasteiger charge is 2.26. The van der Waals surface area contributed by atoms with E-state index in [0.29, 0.717) is 6.54 Å². The Kier molecular flexibility index (Phi) is 7.99. The lowest BCUT2D eigenvalue weighted by Crippen LogP contribution is -2.40. The van der Waals surface area contributed by atoms with E-state index in [1.807, 2.05) is 36.4 Å². The molecule has 0 aliphatic rings. The van der Waals surface area contributed by atoms with E-state index >= 15 is 0 Å². The molecule has 2 aromatic rings. The van der Waals surface area contributed by atoms with E-state index in [1.165, 1.54) is 7.11 Å². The van der Waals surface area contributed by atoms with Crippen molar-refractivity contribution >= 4 is 18.1 Å². The molecule has 0 aliphatic heterocycles. The van der Waals surface area contributed by atoms with Gasteiger partial charge in [0.05, 0.1) is 13.5 Å². The van der Waals surface area contributed by atoms with E-state index in [9.17, 15) is 14.4 Å². The highest BCUT2D eigenvalue weighted by atomic mass is 16.7. The number of esters is 2. The maximum absolute atomic E-state index is 12.2. The highest BCUT2D eigenvalue weighted by Crippen LogP contribution is 2.06. The monoisotopic (exact) mass is 371 g/mol. The lowest BCUT2D eigenvalue weighted by atomic mass is 10.1. The molecular formula is C20H21NO6. The van der Waals surface area contributed by atoms with Gasteiger partial charge >= 0.3 is 18.1 Å². The van der Waals surface area contributed by atoms with Gasteiger partial charge in [-0.2, -0.15) is 0 Å². The molecule has 2 aromatic carbocycles. The average Bonchev–Trinajstić information content (AvgIpc) is 2.70. The zero-order chi connectivity index (χ0) is 19.5. The first kappa shape index (κ1) is 20.1. The maximum Gasteiger partial charge on any atom is 0.516 e. The first-order chi connectivity index (χ1) is 13.1. The van der Waals surface area contributed by atoms with Gasteiger partial charge in [0, 0.05) is 6.54 Å². The fourth-order valence-electron chi connectivity index (χ4n) is 2.22. The number of methoxy groups -OCH3 is 1. The number of ether oxygens (including phenoxy) is 3. The van der Waals surface area contributed by atoms with E-state index in [2.05, 4.69) is 10.1 Å². The quantitative estimate of drug-likeness (QED) is 0.563. The van der Waals surface area contributed by atoms with Gasteiger partial charge in [-0.3, -0.25) is 10.1 Å². The molecular weight excluding hydrogens is 350 g/mol. The van der Waals surface area contributed by atoms with Gasteiger partial charge < -0.3 is 14.2 Å². The number of carbonyl (C=O) groups is 3. The number of hydrogen-bond donors (Lipinski definition) is 1. The molecule has 1 atom stereocenters. The summed E-state index contributed by atoms with van der Waals surface area (Å²) in [7, 11) is 1.22. The Balaban J connectivity index is 1.89. The molecule has 0 spiro atoms. The van der Waals surface area contributed by atoms with Gasteiger partial charge in [0.15, 0.2) is 0 Å². The summed E-state index contributed by atoms with van der Waals surface area (Å²) in [5, 5.41) is 2.90. The molecule has 27 heavy (non-hydrogen) atoms. The Morgan fingerprint density at radius 2 is 1.52 bits per heavy atom. The zero-order valence-electron chi connectivity index (χ0n) is 14.9. The summed E-state index contributed by atoms with van der Waals surface area (Å²) in [5.74, 6) is -1.51. The van der Waals surface area contributed by atoms with Crippen molar-refractivity contribution < 1.29 is 28.6 Å². The fraction of sp³-hybridized carbons (Fsp3) is 0.250. The molecule has 0 aliphatic carbocycles.